The molecule has 0 bridgehead atoms. The third kappa shape index (κ3) is 2.72. The summed E-state index contributed by atoms with van der Waals surface area (Å²) in [5.74, 6) is -0.0665. The van der Waals surface area contributed by atoms with Crippen LogP contribution < -0.4 is 5.32 Å². The summed E-state index contributed by atoms with van der Waals surface area (Å²) in [6, 6.07) is 0. The summed E-state index contributed by atoms with van der Waals surface area (Å²) in [6.45, 7) is 3.58. The van der Waals surface area contributed by atoms with Crippen molar-refractivity contribution in [3.63, 3.8) is 0 Å². The number of hydrogen-bond donors (Lipinski definition) is 1. The van der Waals surface area contributed by atoms with E-state index in [1.165, 1.54) is 12.8 Å². The van der Waals surface area contributed by atoms with Crippen molar-refractivity contribution in [1.82, 2.24) is 15.1 Å². The smallest absolute Gasteiger partial charge is 0.312 e. The molecule has 1 saturated heterocycles. The molecule has 1 heterocycles. The second kappa shape index (κ2) is 4.82. The lowest BCUT2D eigenvalue weighted by molar-refractivity contribution is -0.151. The number of hydrogen-bond acceptors (Lipinski definition) is 3. The Hall–Kier alpha value is -1.10. The summed E-state index contributed by atoms with van der Waals surface area (Å²) in [5, 5.41) is 3.16. The van der Waals surface area contributed by atoms with E-state index in [4.69, 9.17) is 0 Å². The highest BCUT2D eigenvalue weighted by molar-refractivity contribution is 6.34. The summed E-state index contributed by atoms with van der Waals surface area (Å²) >= 11 is 0. The highest BCUT2D eigenvalue weighted by Crippen LogP contribution is 2.29. The monoisotopic (exact) mass is 225 g/mol. The lowest BCUT2D eigenvalue weighted by atomic mass is 10.3. The van der Waals surface area contributed by atoms with Gasteiger partial charge in [0.15, 0.2) is 0 Å². The summed E-state index contributed by atoms with van der Waals surface area (Å²) in [6.07, 6.45) is 2.39. The summed E-state index contributed by atoms with van der Waals surface area (Å²) in [5.41, 5.74) is 0. The highest BCUT2D eigenvalue weighted by atomic mass is 16.2. The van der Waals surface area contributed by atoms with Crippen molar-refractivity contribution in [3.8, 4) is 0 Å². The maximum absolute atomic E-state index is 11.8. The van der Waals surface area contributed by atoms with E-state index in [0.29, 0.717) is 19.0 Å². The minimum atomic E-state index is -0.353. The lowest BCUT2D eigenvalue weighted by Crippen LogP contribution is -2.51. The zero-order valence-electron chi connectivity index (χ0n) is 9.74. The number of carbonyl (C=O) groups excluding carboxylic acids is 2. The first-order valence-electron chi connectivity index (χ1n) is 5.93. The van der Waals surface area contributed by atoms with E-state index >= 15 is 0 Å². The van der Waals surface area contributed by atoms with Crippen molar-refractivity contribution in [1.29, 1.82) is 0 Å². The third-order valence-electron chi connectivity index (χ3n) is 3.16. The van der Waals surface area contributed by atoms with Crippen LogP contribution in [0, 0.1) is 5.92 Å². The van der Waals surface area contributed by atoms with Gasteiger partial charge in [0.1, 0.15) is 0 Å². The van der Waals surface area contributed by atoms with Gasteiger partial charge in [0.05, 0.1) is 0 Å². The fourth-order valence-electron chi connectivity index (χ4n) is 1.94. The van der Waals surface area contributed by atoms with E-state index in [9.17, 15) is 9.59 Å². The molecule has 0 aromatic carbocycles. The Kier molecular flexibility index (Phi) is 3.43. The van der Waals surface area contributed by atoms with Crippen LogP contribution in [0.25, 0.3) is 0 Å². The maximum atomic E-state index is 11.8. The van der Waals surface area contributed by atoms with Gasteiger partial charge in [-0.1, -0.05) is 0 Å². The van der Waals surface area contributed by atoms with Gasteiger partial charge in [-0.2, -0.15) is 0 Å². The van der Waals surface area contributed by atoms with E-state index < -0.39 is 0 Å². The normalized spacial score (nSPS) is 20.7. The first-order chi connectivity index (χ1) is 7.68. The van der Waals surface area contributed by atoms with Crippen LogP contribution >= 0.6 is 0 Å². The van der Waals surface area contributed by atoms with Gasteiger partial charge in [-0.3, -0.25) is 9.59 Å². The first kappa shape index (κ1) is 11.4. The molecule has 2 fully saturated rings. The molecule has 5 nitrogen and oxygen atoms in total. The number of rotatable bonds is 2. The van der Waals surface area contributed by atoms with Crippen LogP contribution in [0.3, 0.4) is 0 Å². The zero-order valence-corrected chi connectivity index (χ0v) is 9.74. The molecule has 0 radical (unpaired) electrons. The molecule has 0 aromatic heterocycles. The van der Waals surface area contributed by atoms with Crippen LogP contribution in [0.1, 0.15) is 12.8 Å². The zero-order chi connectivity index (χ0) is 11.5. The predicted molar refractivity (Wildman–Crippen MR) is 59.8 cm³/mol. The van der Waals surface area contributed by atoms with Crippen LogP contribution in [-0.4, -0.2) is 61.4 Å². The Labute approximate surface area is 95.8 Å². The second-order valence-electron chi connectivity index (χ2n) is 4.67. The van der Waals surface area contributed by atoms with Crippen molar-refractivity contribution in [2.24, 2.45) is 5.92 Å². The van der Waals surface area contributed by atoms with Crippen molar-refractivity contribution in [3.05, 3.63) is 0 Å². The standard InChI is InChI=1S/C11H19N3O2/c1-13(8-9-2-3-9)10(15)11(16)14-6-4-12-5-7-14/h9,12H,2-8H2,1H3. The minimum Gasteiger partial charge on any atom is -0.337 e. The first-order valence-corrected chi connectivity index (χ1v) is 5.93. The number of nitrogens with zero attached hydrogens (tertiary/aromatic N) is 2. The van der Waals surface area contributed by atoms with Crippen LogP contribution in [0.5, 0.6) is 0 Å². The Morgan fingerprint density at radius 3 is 2.50 bits per heavy atom. The Bertz CT molecular complexity index is 283. The number of carbonyl (C=O) groups is 2. The van der Waals surface area contributed by atoms with E-state index in [2.05, 4.69) is 5.32 Å². The Morgan fingerprint density at radius 1 is 1.31 bits per heavy atom. The molecule has 2 amide bonds. The largest absolute Gasteiger partial charge is 0.337 e. The highest BCUT2D eigenvalue weighted by Gasteiger charge is 2.30. The molecule has 2 rings (SSSR count). The summed E-state index contributed by atoms with van der Waals surface area (Å²) in [4.78, 5) is 26.9. The van der Waals surface area contributed by atoms with Gasteiger partial charge in [-0.05, 0) is 18.8 Å². The van der Waals surface area contributed by atoms with Crippen LogP contribution in [0.2, 0.25) is 0 Å². The van der Waals surface area contributed by atoms with Crippen molar-refractivity contribution in [2.45, 2.75) is 12.8 Å². The van der Waals surface area contributed by atoms with E-state index in [-0.39, 0.29) is 11.8 Å². The number of amides is 2. The van der Waals surface area contributed by atoms with Gasteiger partial charge in [0, 0.05) is 39.8 Å². The molecule has 1 N–H and O–H groups in total. The van der Waals surface area contributed by atoms with Crippen molar-refractivity contribution < 1.29 is 9.59 Å². The summed E-state index contributed by atoms with van der Waals surface area (Å²) < 4.78 is 0. The van der Waals surface area contributed by atoms with E-state index in [0.717, 1.165) is 19.6 Å². The molecule has 1 aliphatic heterocycles. The SMILES string of the molecule is CN(CC1CC1)C(=O)C(=O)N1CCNCC1. The molecule has 90 valence electrons. The molecule has 5 heteroatoms. The lowest BCUT2D eigenvalue weighted by Gasteiger charge is -2.28. The molecule has 1 saturated carbocycles. The van der Waals surface area contributed by atoms with Gasteiger partial charge in [0.25, 0.3) is 0 Å². The third-order valence-corrected chi connectivity index (χ3v) is 3.16. The van der Waals surface area contributed by atoms with Gasteiger partial charge in [-0.15, -0.1) is 0 Å². The van der Waals surface area contributed by atoms with E-state index in [1.807, 2.05) is 0 Å². The van der Waals surface area contributed by atoms with Crippen LogP contribution in [0.15, 0.2) is 0 Å². The topological polar surface area (TPSA) is 52.7 Å². The molecule has 0 atom stereocenters. The fraction of sp³-hybridized carbons (Fsp3) is 0.818. The average Bonchev–Trinajstić information content (AvgIpc) is 3.12. The number of nitrogens with one attached hydrogen (secondary N) is 1. The maximum Gasteiger partial charge on any atom is 0.312 e. The van der Waals surface area contributed by atoms with Gasteiger partial charge in [0.2, 0.25) is 0 Å². The predicted octanol–water partition coefficient (Wildman–Crippen LogP) is -0.713. The average molecular weight is 225 g/mol. The molecule has 0 unspecified atom stereocenters. The van der Waals surface area contributed by atoms with Crippen molar-refractivity contribution in [2.75, 3.05) is 39.8 Å². The molecule has 0 spiro atoms. The Morgan fingerprint density at radius 2 is 1.94 bits per heavy atom. The van der Waals surface area contributed by atoms with Gasteiger partial charge >= 0.3 is 11.8 Å². The molecule has 2 aliphatic rings. The molecular formula is C11H19N3O2. The Balaban J connectivity index is 1.84. The quantitative estimate of drug-likeness (QED) is 0.631. The molecule has 0 aromatic rings. The second-order valence-corrected chi connectivity index (χ2v) is 4.67. The number of piperazine rings is 1. The minimum absolute atomic E-state index is 0.343. The molecule has 1 aliphatic carbocycles. The number of likely N-dealkylation sites (N-methyl/N-ethyl adjacent to an activating group) is 1. The molecular weight excluding hydrogens is 206 g/mol. The van der Waals surface area contributed by atoms with E-state index in [1.54, 1.807) is 16.8 Å². The molecule has 16 heavy (non-hydrogen) atoms. The van der Waals surface area contributed by atoms with Crippen molar-refractivity contribution >= 4 is 11.8 Å². The van der Waals surface area contributed by atoms with Crippen LogP contribution in [0.4, 0.5) is 0 Å². The van der Waals surface area contributed by atoms with Gasteiger partial charge < -0.3 is 15.1 Å². The fourth-order valence-corrected chi connectivity index (χ4v) is 1.94. The van der Waals surface area contributed by atoms with Crippen LogP contribution in [-0.2, 0) is 9.59 Å². The summed E-state index contributed by atoms with van der Waals surface area (Å²) in [7, 11) is 1.72. The van der Waals surface area contributed by atoms with Gasteiger partial charge in [-0.25, -0.2) is 0 Å².